The van der Waals surface area contributed by atoms with Crippen LogP contribution in [-0.2, 0) is 24.7 Å². The van der Waals surface area contributed by atoms with Gasteiger partial charge in [-0.25, -0.2) is 0 Å². The van der Waals surface area contributed by atoms with E-state index in [0.29, 0.717) is 18.1 Å². The van der Waals surface area contributed by atoms with E-state index >= 15 is 0 Å². The van der Waals surface area contributed by atoms with Gasteiger partial charge in [0.2, 0.25) is 0 Å². The van der Waals surface area contributed by atoms with Crippen LogP contribution in [-0.4, -0.2) is 28.7 Å². The molecule has 2 heterocycles. The highest BCUT2D eigenvalue weighted by Gasteiger charge is 2.43. The molecule has 4 nitrogen and oxygen atoms in total. The molecule has 1 atom stereocenters. The zero-order valence-corrected chi connectivity index (χ0v) is 12.5. The van der Waals surface area contributed by atoms with Gasteiger partial charge < -0.3 is 5.32 Å². The van der Waals surface area contributed by atoms with Gasteiger partial charge in [0, 0.05) is 31.1 Å². The Morgan fingerprint density at radius 2 is 2.32 bits per heavy atom. The summed E-state index contributed by atoms with van der Waals surface area (Å²) in [6.45, 7) is 8.18. The number of nitrogens with zero attached hydrogens (tertiary/aromatic N) is 2. The van der Waals surface area contributed by atoms with Gasteiger partial charge in [0.1, 0.15) is 5.78 Å². The maximum atomic E-state index is 12.7. The Bertz CT molecular complexity index is 456. The van der Waals surface area contributed by atoms with Crippen LogP contribution in [0.25, 0.3) is 0 Å². The highest BCUT2D eigenvalue weighted by molar-refractivity contribution is 5.87. The van der Waals surface area contributed by atoms with E-state index in [1.54, 1.807) is 0 Å². The lowest BCUT2D eigenvalue weighted by atomic mass is 9.72. The van der Waals surface area contributed by atoms with Crippen molar-refractivity contribution in [2.24, 2.45) is 18.4 Å². The van der Waals surface area contributed by atoms with E-state index in [1.807, 2.05) is 11.7 Å². The second-order valence-corrected chi connectivity index (χ2v) is 5.94. The average molecular weight is 263 g/mol. The lowest BCUT2D eigenvalue weighted by molar-refractivity contribution is -0.129. The van der Waals surface area contributed by atoms with Crippen molar-refractivity contribution in [3.05, 3.63) is 17.5 Å². The molecule has 1 aromatic heterocycles. The van der Waals surface area contributed by atoms with E-state index in [9.17, 15) is 4.79 Å². The predicted octanol–water partition coefficient (Wildman–Crippen LogP) is 1.73. The number of carbonyl (C=O) groups is 1. The van der Waals surface area contributed by atoms with Gasteiger partial charge in [-0.1, -0.05) is 20.8 Å². The van der Waals surface area contributed by atoms with Gasteiger partial charge >= 0.3 is 0 Å². The maximum absolute atomic E-state index is 12.7. The number of hydrogen-bond donors (Lipinski definition) is 1. The molecule has 0 aliphatic carbocycles. The third kappa shape index (κ3) is 2.59. The molecule has 0 amide bonds. The first-order valence-electron chi connectivity index (χ1n) is 7.25. The van der Waals surface area contributed by atoms with E-state index in [-0.39, 0.29) is 5.41 Å². The Balaban J connectivity index is 2.17. The smallest absolute Gasteiger partial charge is 0.146 e. The second kappa shape index (κ2) is 5.45. The number of carbonyl (C=O) groups excluding carboxylic acids is 1. The number of hydrogen-bond acceptors (Lipinski definition) is 3. The lowest BCUT2D eigenvalue weighted by Crippen LogP contribution is -2.39. The van der Waals surface area contributed by atoms with E-state index in [2.05, 4.69) is 37.3 Å². The SMILES string of the molecule is CCc1cc(CC(=O)C2(C(C)C)CCNC2)n(C)n1. The molecular weight excluding hydrogens is 238 g/mol. The topological polar surface area (TPSA) is 46.9 Å². The second-order valence-electron chi connectivity index (χ2n) is 5.94. The summed E-state index contributed by atoms with van der Waals surface area (Å²) < 4.78 is 1.85. The summed E-state index contributed by atoms with van der Waals surface area (Å²) >= 11 is 0. The molecule has 0 radical (unpaired) electrons. The molecule has 0 saturated carbocycles. The minimum Gasteiger partial charge on any atom is -0.316 e. The van der Waals surface area contributed by atoms with Crippen molar-refractivity contribution in [1.29, 1.82) is 0 Å². The van der Waals surface area contributed by atoms with Crippen LogP contribution in [0.2, 0.25) is 0 Å². The summed E-state index contributed by atoms with van der Waals surface area (Å²) in [6, 6.07) is 2.06. The van der Waals surface area contributed by atoms with Crippen molar-refractivity contribution >= 4 is 5.78 Å². The molecule has 1 N–H and O–H groups in total. The summed E-state index contributed by atoms with van der Waals surface area (Å²) in [4.78, 5) is 12.7. The Hall–Kier alpha value is -1.16. The summed E-state index contributed by atoms with van der Waals surface area (Å²) in [5.41, 5.74) is 1.92. The van der Waals surface area contributed by atoms with Gasteiger partial charge in [-0.15, -0.1) is 0 Å². The lowest BCUT2D eigenvalue weighted by Gasteiger charge is -2.31. The summed E-state index contributed by atoms with van der Waals surface area (Å²) in [6.07, 6.45) is 2.38. The number of aromatic nitrogens is 2. The van der Waals surface area contributed by atoms with Crippen molar-refractivity contribution in [3.63, 3.8) is 0 Å². The van der Waals surface area contributed by atoms with Gasteiger partial charge in [-0.2, -0.15) is 5.10 Å². The molecule has 1 unspecified atom stereocenters. The molecule has 0 spiro atoms. The molecule has 1 saturated heterocycles. The Morgan fingerprint density at radius 3 is 2.79 bits per heavy atom. The number of ketones is 1. The van der Waals surface area contributed by atoms with Crippen molar-refractivity contribution < 1.29 is 4.79 Å². The molecule has 1 aliphatic heterocycles. The standard InChI is InChI=1S/C15H25N3O/c1-5-12-8-13(18(4)17-12)9-14(19)15(11(2)3)6-7-16-10-15/h8,11,16H,5-7,9-10H2,1-4H3. The Labute approximate surface area is 115 Å². The fourth-order valence-electron chi connectivity index (χ4n) is 3.01. The first-order valence-corrected chi connectivity index (χ1v) is 7.25. The monoisotopic (exact) mass is 263 g/mol. The van der Waals surface area contributed by atoms with E-state index < -0.39 is 0 Å². The molecule has 1 aromatic rings. The third-order valence-electron chi connectivity index (χ3n) is 4.58. The van der Waals surface area contributed by atoms with Crippen molar-refractivity contribution in [2.45, 2.75) is 40.0 Å². The van der Waals surface area contributed by atoms with E-state index in [1.165, 1.54) is 0 Å². The summed E-state index contributed by atoms with van der Waals surface area (Å²) in [5.74, 6) is 0.743. The molecule has 1 aliphatic rings. The fourth-order valence-corrected chi connectivity index (χ4v) is 3.01. The molecule has 0 bridgehead atoms. The Morgan fingerprint density at radius 1 is 1.58 bits per heavy atom. The summed E-state index contributed by atoms with van der Waals surface area (Å²) in [5, 5.41) is 7.77. The first kappa shape index (κ1) is 14.3. The van der Waals surface area contributed by atoms with Gasteiger partial charge in [-0.05, 0) is 31.4 Å². The van der Waals surface area contributed by atoms with Crippen molar-refractivity contribution in [3.8, 4) is 0 Å². The number of aryl methyl sites for hydroxylation is 2. The van der Waals surface area contributed by atoms with Gasteiger partial charge in [-0.3, -0.25) is 9.48 Å². The maximum Gasteiger partial charge on any atom is 0.146 e. The molecule has 2 rings (SSSR count). The number of Topliss-reactive ketones (excluding diaryl/α,β-unsaturated/α-hetero) is 1. The minimum atomic E-state index is -0.184. The molecule has 4 heteroatoms. The van der Waals surface area contributed by atoms with Gasteiger partial charge in [0.05, 0.1) is 5.69 Å². The highest BCUT2D eigenvalue weighted by Crippen LogP contribution is 2.36. The van der Waals surface area contributed by atoms with Crippen LogP contribution >= 0.6 is 0 Å². The predicted molar refractivity (Wildman–Crippen MR) is 76.1 cm³/mol. The van der Waals surface area contributed by atoms with Crippen LogP contribution in [0, 0.1) is 11.3 Å². The zero-order valence-electron chi connectivity index (χ0n) is 12.5. The van der Waals surface area contributed by atoms with E-state index in [0.717, 1.165) is 37.3 Å². The Kier molecular flexibility index (Phi) is 4.09. The molecule has 1 fully saturated rings. The number of nitrogens with one attached hydrogen (secondary N) is 1. The number of rotatable bonds is 5. The highest BCUT2D eigenvalue weighted by atomic mass is 16.1. The quantitative estimate of drug-likeness (QED) is 0.880. The van der Waals surface area contributed by atoms with Crippen LogP contribution < -0.4 is 5.32 Å². The molecule has 0 aromatic carbocycles. The minimum absolute atomic E-state index is 0.184. The third-order valence-corrected chi connectivity index (χ3v) is 4.58. The first-order chi connectivity index (χ1) is 8.99. The van der Waals surface area contributed by atoms with Crippen LogP contribution in [0.4, 0.5) is 0 Å². The molecule has 106 valence electrons. The van der Waals surface area contributed by atoms with Gasteiger partial charge in [0.15, 0.2) is 0 Å². The van der Waals surface area contributed by atoms with Crippen LogP contribution in [0.15, 0.2) is 6.07 Å². The van der Waals surface area contributed by atoms with Crippen molar-refractivity contribution in [1.82, 2.24) is 15.1 Å². The van der Waals surface area contributed by atoms with Crippen molar-refractivity contribution in [2.75, 3.05) is 13.1 Å². The van der Waals surface area contributed by atoms with Crippen LogP contribution in [0.5, 0.6) is 0 Å². The largest absolute Gasteiger partial charge is 0.316 e. The van der Waals surface area contributed by atoms with E-state index in [4.69, 9.17) is 0 Å². The average Bonchev–Trinajstić information content (AvgIpc) is 2.97. The summed E-state index contributed by atoms with van der Waals surface area (Å²) in [7, 11) is 1.93. The van der Waals surface area contributed by atoms with Gasteiger partial charge in [0.25, 0.3) is 0 Å². The molecule has 19 heavy (non-hydrogen) atoms. The molecular formula is C15H25N3O. The van der Waals surface area contributed by atoms with Crippen LogP contribution in [0.1, 0.15) is 38.6 Å². The zero-order chi connectivity index (χ0) is 14.0. The normalized spacial score (nSPS) is 23.2. The van der Waals surface area contributed by atoms with Crippen LogP contribution in [0.3, 0.4) is 0 Å². The fraction of sp³-hybridized carbons (Fsp3) is 0.733.